The lowest BCUT2D eigenvalue weighted by atomic mass is 10.1. The molecule has 5 heteroatoms. The maximum Gasteiger partial charge on any atom is 0.253 e. The van der Waals surface area contributed by atoms with Gasteiger partial charge in [0, 0.05) is 31.8 Å². The van der Waals surface area contributed by atoms with E-state index in [-0.39, 0.29) is 11.8 Å². The molecule has 0 saturated heterocycles. The molecule has 0 aliphatic rings. The SMILES string of the molecule is CN(C)C(=O)c1ccc(CNC(=O)c2ccc(COc3ccccc3)cc2)cc1. The number of amides is 2. The topological polar surface area (TPSA) is 58.6 Å². The first kappa shape index (κ1) is 20.1. The van der Waals surface area contributed by atoms with Crippen molar-refractivity contribution in [2.45, 2.75) is 13.2 Å². The molecular formula is C24H24N2O3. The number of benzene rings is 3. The van der Waals surface area contributed by atoms with Gasteiger partial charge in [-0.25, -0.2) is 0 Å². The van der Waals surface area contributed by atoms with Gasteiger partial charge in [-0.1, -0.05) is 42.5 Å². The Hall–Kier alpha value is -3.60. The van der Waals surface area contributed by atoms with E-state index in [0.717, 1.165) is 16.9 Å². The number of nitrogens with zero attached hydrogens (tertiary/aromatic N) is 1. The quantitative estimate of drug-likeness (QED) is 0.668. The molecule has 5 nitrogen and oxygen atoms in total. The van der Waals surface area contributed by atoms with E-state index in [0.29, 0.717) is 24.3 Å². The Kier molecular flexibility index (Phi) is 6.63. The van der Waals surface area contributed by atoms with Gasteiger partial charge in [0.25, 0.3) is 11.8 Å². The van der Waals surface area contributed by atoms with Crippen LogP contribution in [0.1, 0.15) is 31.8 Å². The van der Waals surface area contributed by atoms with E-state index in [1.54, 1.807) is 38.4 Å². The highest BCUT2D eigenvalue weighted by atomic mass is 16.5. The van der Waals surface area contributed by atoms with Crippen molar-refractivity contribution in [2.24, 2.45) is 0 Å². The molecule has 3 rings (SSSR count). The van der Waals surface area contributed by atoms with Crippen LogP contribution in [0.3, 0.4) is 0 Å². The second-order valence-electron chi connectivity index (χ2n) is 6.88. The maximum atomic E-state index is 12.4. The van der Waals surface area contributed by atoms with E-state index in [2.05, 4.69) is 5.32 Å². The summed E-state index contributed by atoms with van der Waals surface area (Å²) in [7, 11) is 3.44. The van der Waals surface area contributed by atoms with Crippen LogP contribution in [-0.2, 0) is 13.2 Å². The minimum Gasteiger partial charge on any atom is -0.489 e. The third-order valence-corrected chi connectivity index (χ3v) is 4.42. The normalized spacial score (nSPS) is 10.3. The number of ether oxygens (including phenoxy) is 1. The highest BCUT2D eigenvalue weighted by Crippen LogP contribution is 2.13. The van der Waals surface area contributed by atoms with Gasteiger partial charge in [0.15, 0.2) is 0 Å². The predicted molar refractivity (Wildman–Crippen MR) is 113 cm³/mol. The minimum atomic E-state index is -0.144. The van der Waals surface area contributed by atoms with E-state index in [4.69, 9.17) is 4.74 Å². The Labute approximate surface area is 170 Å². The van der Waals surface area contributed by atoms with Gasteiger partial charge in [-0.05, 0) is 47.5 Å². The Balaban J connectivity index is 1.51. The molecule has 0 aliphatic heterocycles. The number of hydrogen-bond donors (Lipinski definition) is 1. The number of nitrogens with one attached hydrogen (secondary N) is 1. The zero-order valence-corrected chi connectivity index (χ0v) is 16.6. The largest absolute Gasteiger partial charge is 0.489 e. The van der Waals surface area contributed by atoms with E-state index in [9.17, 15) is 9.59 Å². The summed E-state index contributed by atoms with van der Waals surface area (Å²) in [6.45, 7) is 0.845. The van der Waals surface area contributed by atoms with Crippen LogP contribution < -0.4 is 10.1 Å². The average Bonchev–Trinajstić information content (AvgIpc) is 2.77. The van der Waals surface area contributed by atoms with Crippen molar-refractivity contribution in [3.05, 3.63) is 101 Å². The van der Waals surface area contributed by atoms with Crippen LogP contribution >= 0.6 is 0 Å². The predicted octanol–water partition coefficient (Wildman–Crippen LogP) is 3.90. The first-order chi connectivity index (χ1) is 14.0. The molecule has 3 aromatic rings. The molecule has 0 unspecified atom stereocenters. The monoisotopic (exact) mass is 388 g/mol. The molecule has 0 saturated carbocycles. The fourth-order valence-electron chi connectivity index (χ4n) is 2.74. The highest BCUT2D eigenvalue weighted by Gasteiger charge is 2.09. The summed E-state index contributed by atoms with van der Waals surface area (Å²) in [4.78, 5) is 25.8. The van der Waals surface area contributed by atoms with Crippen molar-refractivity contribution in [1.29, 1.82) is 0 Å². The van der Waals surface area contributed by atoms with Crippen LogP contribution in [0.25, 0.3) is 0 Å². The van der Waals surface area contributed by atoms with Crippen LogP contribution in [-0.4, -0.2) is 30.8 Å². The summed E-state index contributed by atoms with van der Waals surface area (Å²) >= 11 is 0. The Morgan fingerprint density at radius 2 is 1.38 bits per heavy atom. The number of carbonyl (C=O) groups excluding carboxylic acids is 2. The summed E-state index contributed by atoms with van der Waals surface area (Å²) in [5.74, 6) is 0.624. The molecule has 0 aromatic heterocycles. The van der Waals surface area contributed by atoms with Gasteiger partial charge in [0.2, 0.25) is 0 Å². The molecule has 0 atom stereocenters. The molecule has 0 bridgehead atoms. The fourth-order valence-corrected chi connectivity index (χ4v) is 2.74. The molecule has 3 aromatic carbocycles. The van der Waals surface area contributed by atoms with Gasteiger partial charge in [0.1, 0.15) is 12.4 Å². The van der Waals surface area contributed by atoms with Crippen molar-refractivity contribution < 1.29 is 14.3 Å². The van der Waals surface area contributed by atoms with Gasteiger partial charge in [-0.3, -0.25) is 9.59 Å². The summed E-state index contributed by atoms with van der Waals surface area (Å²) in [5.41, 5.74) is 3.14. The second-order valence-corrected chi connectivity index (χ2v) is 6.88. The summed E-state index contributed by atoms with van der Waals surface area (Å²) in [5, 5.41) is 2.90. The first-order valence-corrected chi connectivity index (χ1v) is 9.38. The number of carbonyl (C=O) groups is 2. The van der Waals surface area contributed by atoms with Crippen molar-refractivity contribution in [3.63, 3.8) is 0 Å². The van der Waals surface area contributed by atoms with Crippen molar-refractivity contribution >= 4 is 11.8 Å². The number of para-hydroxylation sites is 1. The molecule has 148 valence electrons. The molecule has 0 aliphatic carbocycles. The second kappa shape index (κ2) is 9.55. The summed E-state index contributed by atoms with van der Waals surface area (Å²) in [6.07, 6.45) is 0. The van der Waals surface area contributed by atoms with Gasteiger partial charge in [-0.2, -0.15) is 0 Å². The van der Waals surface area contributed by atoms with Crippen LogP contribution in [0.4, 0.5) is 0 Å². The van der Waals surface area contributed by atoms with Gasteiger partial charge >= 0.3 is 0 Å². The molecule has 0 spiro atoms. The molecule has 0 radical (unpaired) electrons. The molecular weight excluding hydrogens is 364 g/mol. The van der Waals surface area contributed by atoms with Gasteiger partial charge in [0.05, 0.1) is 0 Å². The number of hydrogen-bond acceptors (Lipinski definition) is 3. The lowest BCUT2D eigenvalue weighted by Gasteiger charge is -2.11. The van der Waals surface area contributed by atoms with Crippen LogP contribution in [0.2, 0.25) is 0 Å². The summed E-state index contributed by atoms with van der Waals surface area (Å²) < 4.78 is 5.71. The fraction of sp³-hybridized carbons (Fsp3) is 0.167. The zero-order chi connectivity index (χ0) is 20.6. The van der Waals surface area contributed by atoms with E-state index >= 15 is 0 Å². The molecule has 0 heterocycles. The molecule has 0 fully saturated rings. The first-order valence-electron chi connectivity index (χ1n) is 9.38. The van der Waals surface area contributed by atoms with E-state index in [1.807, 2.05) is 54.6 Å². The van der Waals surface area contributed by atoms with Crippen LogP contribution in [0, 0.1) is 0 Å². The molecule has 1 N–H and O–H groups in total. The third kappa shape index (κ3) is 5.69. The van der Waals surface area contributed by atoms with E-state index < -0.39 is 0 Å². The number of rotatable bonds is 7. The lowest BCUT2D eigenvalue weighted by Crippen LogP contribution is -2.23. The van der Waals surface area contributed by atoms with Gasteiger partial charge in [-0.15, -0.1) is 0 Å². The Morgan fingerprint density at radius 3 is 2.00 bits per heavy atom. The Morgan fingerprint density at radius 1 is 0.793 bits per heavy atom. The molecule has 2 amide bonds. The minimum absolute atomic E-state index is 0.0445. The van der Waals surface area contributed by atoms with Crippen LogP contribution in [0.15, 0.2) is 78.9 Å². The highest BCUT2D eigenvalue weighted by molar-refractivity contribution is 5.94. The maximum absolute atomic E-state index is 12.4. The standard InChI is InChI=1S/C24H24N2O3/c1-26(2)24(28)21-14-8-18(9-15-21)16-25-23(27)20-12-10-19(11-13-20)17-29-22-6-4-3-5-7-22/h3-15H,16-17H2,1-2H3,(H,25,27). The zero-order valence-electron chi connectivity index (χ0n) is 16.6. The lowest BCUT2D eigenvalue weighted by molar-refractivity contribution is 0.0827. The Bertz CT molecular complexity index is 950. The third-order valence-electron chi connectivity index (χ3n) is 4.42. The van der Waals surface area contributed by atoms with Crippen molar-refractivity contribution in [3.8, 4) is 5.75 Å². The van der Waals surface area contributed by atoms with Crippen molar-refractivity contribution in [2.75, 3.05) is 14.1 Å². The van der Waals surface area contributed by atoms with Gasteiger partial charge < -0.3 is 15.0 Å². The molecule has 29 heavy (non-hydrogen) atoms. The van der Waals surface area contributed by atoms with Crippen LogP contribution in [0.5, 0.6) is 5.75 Å². The van der Waals surface area contributed by atoms with Crippen molar-refractivity contribution in [1.82, 2.24) is 10.2 Å². The average molecular weight is 388 g/mol. The smallest absolute Gasteiger partial charge is 0.253 e. The van der Waals surface area contributed by atoms with E-state index in [1.165, 1.54) is 4.90 Å². The summed E-state index contributed by atoms with van der Waals surface area (Å²) in [6, 6.07) is 24.2.